The quantitative estimate of drug-likeness (QED) is 0.0405. The summed E-state index contributed by atoms with van der Waals surface area (Å²) in [4.78, 5) is 73.9. The van der Waals surface area contributed by atoms with Crippen molar-refractivity contribution in [3.8, 4) is 0 Å². The van der Waals surface area contributed by atoms with Gasteiger partial charge in [0.25, 0.3) is 0 Å². The van der Waals surface area contributed by atoms with Crippen molar-refractivity contribution in [2.24, 2.45) is 22.2 Å². The normalized spacial score (nSPS) is 13.6. The molecule has 0 aliphatic rings. The zero-order valence-corrected chi connectivity index (χ0v) is 25.9. The van der Waals surface area contributed by atoms with Crippen LogP contribution in [0.5, 0.6) is 0 Å². The average Bonchev–Trinajstić information content (AvgIpc) is 3.65. The van der Waals surface area contributed by atoms with E-state index in [1.807, 2.05) is 42.5 Å². The first kappa shape index (κ1) is 35.0. The zero-order chi connectivity index (χ0) is 34.8. The molecule has 0 saturated heterocycles. The van der Waals surface area contributed by atoms with Gasteiger partial charge in [0.1, 0.15) is 18.1 Å². The number of nitrogens with zero attached hydrogens (tertiary/aromatic N) is 1. The average molecular weight is 662 g/mol. The smallest absolute Gasteiger partial charge is 0.326 e. The van der Waals surface area contributed by atoms with Crippen LogP contribution in [0.25, 0.3) is 21.8 Å². The minimum absolute atomic E-state index is 0.0144. The fourth-order valence-electron chi connectivity index (χ4n) is 5.31. The minimum atomic E-state index is -1.75. The molecular formula is C32H39N9O7. The van der Waals surface area contributed by atoms with Gasteiger partial charge in [0.15, 0.2) is 5.96 Å². The molecule has 0 radical (unpaired) electrons. The van der Waals surface area contributed by atoms with Gasteiger partial charge in [-0.1, -0.05) is 36.4 Å². The molecule has 0 bridgehead atoms. The van der Waals surface area contributed by atoms with E-state index in [9.17, 15) is 34.2 Å². The maximum absolute atomic E-state index is 14.0. The second-order valence-corrected chi connectivity index (χ2v) is 11.3. The highest BCUT2D eigenvalue weighted by Crippen LogP contribution is 2.21. The summed E-state index contributed by atoms with van der Waals surface area (Å²) in [6.07, 6.45) is 3.05. The maximum Gasteiger partial charge on any atom is 0.326 e. The third kappa shape index (κ3) is 9.32. The Labute approximate surface area is 274 Å². The fourth-order valence-corrected chi connectivity index (χ4v) is 5.31. The highest BCUT2D eigenvalue weighted by atomic mass is 16.4. The molecule has 16 nitrogen and oxygen atoms in total. The Balaban J connectivity index is 1.61. The number of rotatable bonds is 17. The van der Waals surface area contributed by atoms with E-state index in [0.29, 0.717) is 17.5 Å². The first-order valence-corrected chi connectivity index (χ1v) is 15.2. The van der Waals surface area contributed by atoms with E-state index >= 15 is 0 Å². The van der Waals surface area contributed by atoms with E-state index in [1.54, 1.807) is 18.5 Å². The van der Waals surface area contributed by atoms with Gasteiger partial charge in [0.05, 0.1) is 12.5 Å². The van der Waals surface area contributed by atoms with Gasteiger partial charge in [-0.2, -0.15) is 0 Å². The molecule has 0 spiro atoms. The summed E-state index contributed by atoms with van der Waals surface area (Å²) < 4.78 is 0. The Bertz CT molecular complexity index is 1810. The van der Waals surface area contributed by atoms with Crippen LogP contribution in [-0.2, 0) is 36.8 Å². The number of nitrogens with one attached hydrogen (secondary N) is 5. The van der Waals surface area contributed by atoms with Crippen LogP contribution in [-0.4, -0.2) is 86.5 Å². The van der Waals surface area contributed by atoms with E-state index in [4.69, 9.17) is 17.2 Å². The summed E-state index contributed by atoms with van der Waals surface area (Å²) in [6.45, 7) is 0.256. The predicted molar refractivity (Wildman–Crippen MR) is 178 cm³/mol. The molecule has 0 saturated carbocycles. The Kier molecular flexibility index (Phi) is 11.7. The SMILES string of the molecule is NC(N)=NCCC[C@H](N)C(=O)N[C@@H](Cc1c[nH]c2ccccc12)C(=O)N[C@@H](Cc1c[nH]c2ccccc12)C(=O)N[C@@H](CC(=O)O)C(=O)O. The van der Waals surface area contributed by atoms with Gasteiger partial charge in [-0.25, -0.2) is 4.79 Å². The number of aromatic nitrogens is 2. The predicted octanol–water partition coefficient (Wildman–Crippen LogP) is -0.171. The number of hydrogen-bond acceptors (Lipinski definition) is 7. The molecule has 254 valence electrons. The number of carbonyl (C=O) groups is 5. The summed E-state index contributed by atoms with van der Waals surface area (Å²) in [5, 5.41) is 27.9. The molecule has 2 aromatic carbocycles. The highest BCUT2D eigenvalue weighted by molar-refractivity contribution is 5.96. The molecule has 0 aliphatic heterocycles. The summed E-state index contributed by atoms with van der Waals surface area (Å²) in [5.74, 6) is -5.36. The van der Waals surface area contributed by atoms with Crippen molar-refractivity contribution in [3.05, 3.63) is 72.1 Å². The number of carboxylic acid groups (broad SMARTS) is 2. The monoisotopic (exact) mass is 661 g/mol. The Morgan fingerprint density at radius 1 is 0.729 bits per heavy atom. The Hall–Kier alpha value is -5.90. The molecule has 2 heterocycles. The second-order valence-electron chi connectivity index (χ2n) is 11.3. The lowest BCUT2D eigenvalue weighted by Gasteiger charge is -2.25. The lowest BCUT2D eigenvalue weighted by atomic mass is 10.0. The number of aliphatic carboxylic acids is 2. The van der Waals surface area contributed by atoms with Crippen LogP contribution in [0, 0.1) is 0 Å². The Morgan fingerprint density at radius 3 is 1.69 bits per heavy atom. The molecule has 48 heavy (non-hydrogen) atoms. The molecule has 16 heteroatoms. The van der Waals surface area contributed by atoms with Gasteiger partial charge in [0.2, 0.25) is 17.7 Å². The third-order valence-corrected chi connectivity index (χ3v) is 7.76. The summed E-state index contributed by atoms with van der Waals surface area (Å²) in [5.41, 5.74) is 19.7. The molecule has 0 fully saturated rings. The van der Waals surface area contributed by atoms with Crippen LogP contribution in [0.4, 0.5) is 0 Å². The van der Waals surface area contributed by atoms with Crippen molar-refractivity contribution in [3.63, 3.8) is 0 Å². The standard InChI is InChI=1S/C32H39N9O7/c33-21(8-5-11-36-32(34)35)28(44)39-24(12-17-15-37-22-9-3-1-6-19(17)22)29(45)40-25(30(46)41-26(31(47)48)14-27(42)43)13-18-16-38-23-10-4-2-7-20(18)23/h1-4,6-7,9-10,15-16,21,24-26,37-38H,5,8,11-14,33H2,(H,39,44)(H,40,45)(H,41,46)(H,42,43)(H,47,48)(H4,34,35,36)/t21-,24-,25-,26-/m0/s1. The van der Waals surface area contributed by atoms with E-state index in [-0.39, 0.29) is 31.8 Å². The molecular weight excluding hydrogens is 622 g/mol. The lowest BCUT2D eigenvalue weighted by Crippen LogP contribution is -2.58. The van der Waals surface area contributed by atoms with Crippen LogP contribution in [0.3, 0.4) is 0 Å². The van der Waals surface area contributed by atoms with Gasteiger partial charge < -0.3 is 53.3 Å². The molecule has 0 unspecified atom stereocenters. The maximum atomic E-state index is 14.0. The molecule has 0 aliphatic carbocycles. The third-order valence-electron chi connectivity index (χ3n) is 7.76. The Morgan fingerprint density at radius 2 is 1.21 bits per heavy atom. The molecule has 13 N–H and O–H groups in total. The van der Waals surface area contributed by atoms with E-state index in [1.165, 1.54) is 0 Å². The van der Waals surface area contributed by atoms with Crippen molar-refractivity contribution < 1.29 is 34.2 Å². The van der Waals surface area contributed by atoms with Gasteiger partial charge in [-0.3, -0.25) is 24.2 Å². The highest BCUT2D eigenvalue weighted by Gasteiger charge is 2.32. The summed E-state index contributed by atoms with van der Waals surface area (Å²) in [6, 6.07) is 9.32. The van der Waals surface area contributed by atoms with Crippen molar-refractivity contribution in [2.45, 2.75) is 56.3 Å². The van der Waals surface area contributed by atoms with Gasteiger partial charge in [0, 0.05) is 53.6 Å². The number of fused-ring (bicyclic) bond motifs is 2. The number of carbonyl (C=O) groups excluding carboxylic acids is 3. The molecule has 3 amide bonds. The molecule has 4 rings (SSSR count). The fraction of sp³-hybridized carbons (Fsp3) is 0.312. The summed E-state index contributed by atoms with van der Waals surface area (Å²) >= 11 is 0. The number of para-hydroxylation sites is 2. The molecule has 4 atom stereocenters. The van der Waals surface area contributed by atoms with Gasteiger partial charge in [-0.05, 0) is 36.1 Å². The molecule has 4 aromatic rings. The first-order chi connectivity index (χ1) is 22.9. The number of aliphatic imine (C=N–C) groups is 1. The number of H-pyrrole nitrogens is 2. The van der Waals surface area contributed by atoms with Crippen LogP contribution < -0.4 is 33.2 Å². The van der Waals surface area contributed by atoms with Gasteiger partial charge >= 0.3 is 11.9 Å². The number of amides is 3. The number of benzene rings is 2. The van der Waals surface area contributed by atoms with Crippen LogP contribution in [0.2, 0.25) is 0 Å². The van der Waals surface area contributed by atoms with Crippen LogP contribution in [0.1, 0.15) is 30.4 Å². The van der Waals surface area contributed by atoms with Crippen molar-refractivity contribution in [2.75, 3.05) is 6.54 Å². The van der Waals surface area contributed by atoms with E-state index in [2.05, 4.69) is 30.9 Å². The van der Waals surface area contributed by atoms with Crippen molar-refractivity contribution in [1.29, 1.82) is 0 Å². The first-order valence-electron chi connectivity index (χ1n) is 15.2. The van der Waals surface area contributed by atoms with E-state index < -0.39 is 60.2 Å². The number of aromatic amines is 2. The van der Waals surface area contributed by atoms with E-state index in [0.717, 1.165) is 21.8 Å². The van der Waals surface area contributed by atoms with Crippen LogP contribution >= 0.6 is 0 Å². The van der Waals surface area contributed by atoms with Crippen molar-refractivity contribution in [1.82, 2.24) is 25.9 Å². The number of guanidine groups is 1. The topological polar surface area (TPSA) is 284 Å². The lowest BCUT2D eigenvalue weighted by molar-refractivity contribution is -0.147. The molecule has 2 aromatic heterocycles. The summed E-state index contributed by atoms with van der Waals surface area (Å²) in [7, 11) is 0. The second kappa shape index (κ2) is 16.1. The minimum Gasteiger partial charge on any atom is -0.481 e. The zero-order valence-electron chi connectivity index (χ0n) is 25.9. The number of carboxylic acids is 2. The number of nitrogens with two attached hydrogens (primary N) is 3. The van der Waals surface area contributed by atoms with Crippen LogP contribution in [0.15, 0.2) is 65.9 Å². The number of hydrogen-bond donors (Lipinski definition) is 10. The largest absolute Gasteiger partial charge is 0.481 e. The van der Waals surface area contributed by atoms with Gasteiger partial charge in [-0.15, -0.1) is 0 Å². The van der Waals surface area contributed by atoms with Crippen molar-refractivity contribution >= 4 is 57.4 Å².